The molecule has 1 aliphatic carbocycles. The molecule has 2 aromatic carbocycles. The third-order valence-corrected chi connectivity index (χ3v) is 7.28. The average molecular weight is 474 g/mol. The van der Waals surface area contributed by atoms with Crippen molar-refractivity contribution < 1.29 is 5.11 Å². The van der Waals surface area contributed by atoms with E-state index in [9.17, 15) is 5.11 Å². The lowest BCUT2D eigenvalue weighted by atomic mass is 9.93. The van der Waals surface area contributed by atoms with Gasteiger partial charge in [0.15, 0.2) is 5.13 Å². The molecule has 0 bridgehead atoms. The first kappa shape index (κ1) is 22.7. The number of aromatic nitrogens is 3. The van der Waals surface area contributed by atoms with Gasteiger partial charge in [-0.2, -0.15) is 4.98 Å². The van der Waals surface area contributed by atoms with E-state index in [0.717, 1.165) is 54.3 Å². The van der Waals surface area contributed by atoms with E-state index in [0.29, 0.717) is 11.9 Å². The van der Waals surface area contributed by atoms with Crippen LogP contribution in [0.4, 0.5) is 16.9 Å². The van der Waals surface area contributed by atoms with E-state index in [1.165, 1.54) is 15.8 Å². The molecular formula is C27H31N5OS. The lowest BCUT2D eigenvalue weighted by molar-refractivity contribution is 0.126. The van der Waals surface area contributed by atoms with Gasteiger partial charge in [0.1, 0.15) is 5.82 Å². The summed E-state index contributed by atoms with van der Waals surface area (Å²) < 4.78 is 1.17. The highest BCUT2D eigenvalue weighted by atomic mass is 32.1. The average Bonchev–Trinajstić information content (AvgIpc) is 3.22. The van der Waals surface area contributed by atoms with Crippen LogP contribution < -0.4 is 10.6 Å². The zero-order valence-electron chi connectivity index (χ0n) is 19.7. The van der Waals surface area contributed by atoms with Gasteiger partial charge in [0.05, 0.1) is 22.0 Å². The second kappa shape index (κ2) is 10.1. The maximum Gasteiger partial charge on any atom is 0.225 e. The van der Waals surface area contributed by atoms with Gasteiger partial charge < -0.3 is 15.7 Å². The van der Waals surface area contributed by atoms with Crippen LogP contribution in [0.25, 0.3) is 10.2 Å². The number of anilines is 3. The maximum absolute atomic E-state index is 9.84. The summed E-state index contributed by atoms with van der Waals surface area (Å²) in [6.45, 7) is 4.41. The van der Waals surface area contributed by atoms with Crippen molar-refractivity contribution in [2.75, 3.05) is 10.6 Å². The molecule has 0 amide bonds. The molecule has 0 radical (unpaired) electrons. The quantitative estimate of drug-likeness (QED) is 0.294. The molecule has 0 aliphatic heterocycles. The minimum absolute atomic E-state index is 0.184. The molecule has 5 rings (SSSR count). The molecule has 1 saturated carbocycles. The minimum Gasteiger partial charge on any atom is -0.393 e. The summed E-state index contributed by atoms with van der Waals surface area (Å²) in [5.41, 5.74) is 4.47. The highest BCUT2D eigenvalue weighted by Crippen LogP contribution is 2.31. The smallest absolute Gasteiger partial charge is 0.225 e. The Bertz CT molecular complexity index is 1250. The van der Waals surface area contributed by atoms with Crippen LogP contribution in [0.1, 0.15) is 62.3 Å². The van der Waals surface area contributed by atoms with E-state index >= 15 is 0 Å². The van der Waals surface area contributed by atoms with Gasteiger partial charge in [0, 0.05) is 18.5 Å². The second-order valence-electron chi connectivity index (χ2n) is 9.41. The fourth-order valence-electron chi connectivity index (χ4n) is 4.39. The number of fused-ring (bicyclic) bond motifs is 1. The Labute approximate surface area is 204 Å². The molecule has 34 heavy (non-hydrogen) atoms. The first-order valence-corrected chi connectivity index (χ1v) is 12.9. The first-order chi connectivity index (χ1) is 16.5. The Morgan fingerprint density at radius 2 is 1.76 bits per heavy atom. The molecular weight excluding hydrogens is 442 g/mol. The van der Waals surface area contributed by atoms with Crippen molar-refractivity contribution in [3.05, 3.63) is 71.4 Å². The van der Waals surface area contributed by atoms with Crippen LogP contribution in [0.2, 0.25) is 0 Å². The summed E-state index contributed by atoms with van der Waals surface area (Å²) in [6.07, 6.45) is 4.02. The van der Waals surface area contributed by atoms with Gasteiger partial charge in [-0.05, 0) is 54.9 Å². The molecule has 0 atom stereocenters. The normalized spacial score (nSPS) is 18.4. The number of benzene rings is 2. The molecule has 176 valence electrons. The number of hydrogen-bond acceptors (Lipinski definition) is 7. The fraction of sp³-hybridized carbons (Fsp3) is 0.370. The van der Waals surface area contributed by atoms with Crippen molar-refractivity contribution in [1.82, 2.24) is 15.0 Å². The minimum atomic E-state index is -0.184. The summed E-state index contributed by atoms with van der Waals surface area (Å²) in [7, 11) is 0. The van der Waals surface area contributed by atoms with Gasteiger partial charge in [0.2, 0.25) is 5.95 Å². The summed E-state index contributed by atoms with van der Waals surface area (Å²) >= 11 is 1.64. The van der Waals surface area contributed by atoms with Crippen LogP contribution in [-0.2, 0) is 6.42 Å². The molecule has 1 aliphatic rings. The van der Waals surface area contributed by atoms with E-state index in [2.05, 4.69) is 66.9 Å². The van der Waals surface area contributed by atoms with Crippen LogP contribution in [0, 0.1) is 0 Å². The number of aliphatic hydroxyl groups excluding tert-OH is 1. The molecule has 0 unspecified atom stereocenters. The van der Waals surface area contributed by atoms with Crippen molar-refractivity contribution in [1.29, 1.82) is 0 Å². The fourth-order valence-corrected chi connectivity index (χ4v) is 5.31. The Morgan fingerprint density at radius 1 is 0.971 bits per heavy atom. The topological polar surface area (TPSA) is 83.0 Å². The maximum atomic E-state index is 9.84. The van der Waals surface area contributed by atoms with Crippen molar-refractivity contribution in [3.8, 4) is 0 Å². The number of aliphatic hydroxyl groups is 1. The van der Waals surface area contributed by atoms with E-state index in [1.807, 2.05) is 12.1 Å². The molecule has 4 aromatic rings. The third-order valence-electron chi connectivity index (χ3n) is 6.35. The predicted molar refractivity (Wildman–Crippen MR) is 140 cm³/mol. The first-order valence-electron chi connectivity index (χ1n) is 12.1. The zero-order valence-corrected chi connectivity index (χ0v) is 20.5. The van der Waals surface area contributed by atoms with Gasteiger partial charge in [-0.15, -0.1) is 0 Å². The number of nitrogens with one attached hydrogen (secondary N) is 2. The second-order valence-corrected chi connectivity index (χ2v) is 10.4. The Morgan fingerprint density at radius 3 is 2.53 bits per heavy atom. The number of nitrogens with zero attached hydrogens (tertiary/aromatic N) is 3. The van der Waals surface area contributed by atoms with Crippen molar-refractivity contribution in [2.45, 2.75) is 64.0 Å². The largest absolute Gasteiger partial charge is 0.393 e. The Hall–Kier alpha value is -3.03. The molecule has 7 heteroatoms. The van der Waals surface area contributed by atoms with Gasteiger partial charge in [0.25, 0.3) is 0 Å². The van der Waals surface area contributed by atoms with Crippen LogP contribution in [0.15, 0.2) is 54.6 Å². The molecule has 2 aromatic heterocycles. The lowest BCUT2D eigenvalue weighted by Crippen LogP contribution is -2.29. The molecule has 1 fully saturated rings. The Kier molecular flexibility index (Phi) is 6.74. The molecule has 0 saturated heterocycles. The summed E-state index contributed by atoms with van der Waals surface area (Å²) in [5, 5.41) is 17.6. The van der Waals surface area contributed by atoms with Gasteiger partial charge >= 0.3 is 0 Å². The molecule has 2 heterocycles. The van der Waals surface area contributed by atoms with Crippen molar-refractivity contribution in [3.63, 3.8) is 0 Å². The summed E-state index contributed by atoms with van der Waals surface area (Å²) in [6, 6.07) is 19.1. The number of thiazole rings is 1. The molecule has 3 N–H and O–H groups in total. The summed E-state index contributed by atoms with van der Waals surface area (Å²) in [5.74, 6) is 1.85. The Balaban J connectivity index is 1.41. The standard InChI is InChI=1S/C27H31N5OS/c1-17(2)19-8-13-23-24(15-19)34-27(30-23)32-25-16-21(14-18-6-4-3-5-7-18)29-26(31-25)28-20-9-11-22(33)12-10-20/h3-8,13,15-17,20,22,33H,9-12,14H2,1-2H3,(H2,28,29,30,31,32). The van der Waals surface area contributed by atoms with E-state index < -0.39 is 0 Å². The van der Waals surface area contributed by atoms with E-state index in [-0.39, 0.29) is 12.1 Å². The van der Waals surface area contributed by atoms with Crippen LogP contribution in [0.3, 0.4) is 0 Å². The predicted octanol–water partition coefficient (Wildman–Crippen LogP) is 6.26. The highest BCUT2D eigenvalue weighted by molar-refractivity contribution is 7.22. The van der Waals surface area contributed by atoms with Crippen LogP contribution >= 0.6 is 11.3 Å². The molecule has 6 nitrogen and oxygen atoms in total. The highest BCUT2D eigenvalue weighted by Gasteiger charge is 2.20. The van der Waals surface area contributed by atoms with Gasteiger partial charge in [-0.1, -0.05) is 61.6 Å². The van der Waals surface area contributed by atoms with Crippen LogP contribution in [0.5, 0.6) is 0 Å². The van der Waals surface area contributed by atoms with Gasteiger partial charge in [-0.3, -0.25) is 0 Å². The van der Waals surface area contributed by atoms with E-state index in [4.69, 9.17) is 15.0 Å². The number of hydrogen-bond donors (Lipinski definition) is 3. The monoisotopic (exact) mass is 473 g/mol. The number of rotatable bonds is 7. The zero-order chi connectivity index (χ0) is 23.5. The van der Waals surface area contributed by atoms with Gasteiger partial charge in [-0.25, -0.2) is 9.97 Å². The summed E-state index contributed by atoms with van der Waals surface area (Å²) in [4.78, 5) is 14.4. The van der Waals surface area contributed by atoms with Crippen molar-refractivity contribution in [2.24, 2.45) is 0 Å². The van der Waals surface area contributed by atoms with E-state index in [1.54, 1.807) is 11.3 Å². The van der Waals surface area contributed by atoms with Crippen molar-refractivity contribution >= 4 is 38.5 Å². The SMILES string of the molecule is CC(C)c1ccc2nc(Nc3cc(Cc4ccccc4)nc(NC4CCC(O)CC4)n3)sc2c1. The van der Waals surface area contributed by atoms with Crippen LogP contribution in [-0.4, -0.2) is 32.2 Å². The molecule has 0 spiro atoms. The lowest BCUT2D eigenvalue weighted by Gasteiger charge is -2.26. The third kappa shape index (κ3) is 5.54.